The third kappa shape index (κ3) is 5.73. The summed E-state index contributed by atoms with van der Waals surface area (Å²) in [7, 11) is 0. The van der Waals surface area contributed by atoms with Crippen molar-refractivity contribution in [2.24, 2.45) is 5.73 Å². The average molecular weight is 513 g/mol. The van der Waals surface area contributed by atoms with Crippen molar-refractivity contribution in [2.75, 3.05) is 5.32 Å². The van der Waals surface area contributed by atoms with Gasteiger partial charge in [0.25, 0.3) is 24.1 Å². The number of amides is 2. The van der Waals surface area contributed by atoms with Crippen LogP contribution in [0.25, 0.3) is 0 Å². The molecular formula is C16H11Cl2F5N8O2. The van der Waals surface area contributed by atoms with Crippen LogP contribution in [0.3, 0.4) is 0 Å². The molecule has 0 atom stereocenters. The van der Waals surface area contributed by atoms with Crippen LogP contribution in [-0.4, -0.2) is 48.2 Å². The first-order valence-corrected chi connectivity index (χ1v) is 9.40. The van der Waals surface area contributed by atoms with Crippen LogP contribution >= 0.6 is 23.2 Å². The molecule has 0 unspecified atom stereocenters. The summed E-state index contributed by atoms with van der Waals surface area (Å²) < 4.78 is 64.5. The number of rotatable bonds is 7. The number of hydrogen-bond donors (Lipinski definition) is 2. The third-order valence-corrected chi connectivity index (χ3v) is 4.46. The number of primary amides is 1. The van der Waals surface area contributed by atoms with E-state index in [4.69, 9.17) is 28.9 Å². The van der Waals surface area contributed by atoms with Gasteiger partial charge in [-0.15, -0.1) is 10.2 Å². The molecule has 0 saturated heterocycles. The average Bonchev–Trinajstić information content (AvgIpc) is 3.30. The highest BCUT2D eigenvalue weighted by Gasteiger charge is 2.36. The summed E-state index contributed by atoms with van der Waals surface area (Å²) >= 11 is 11.8. The molecular weight excluding hydrogens is 502 g/mol. The fraction of sp³-hybridized carbons (Fsp3) is 0.250. The quantitative estimate of drug-likeness (QED) is 0.467. The molecule has 0 aliphatic carbocycles. The summed E-state index contributed by atoms with van der Waals surface area (Å²) in [6.07, 6.45) is -7.76. The van der Waals surface area contributed by atoms with Crippen molar-refractivity contribution in [1.29, 1.82) is 0 Å². The van der Waals surface area contributed by atoms with Gasteiger partial charge in [-0.25, -0.2) is 8.78 Å². The third-order valence-electron chi connectivity index (χ3n) is 3.94. The summed E-state index contributed by atoms with van der Waals surface area (Å²) in [4.78, 5) is 25.0. The predicted octanol–water partition coefficient (Wildman–Crippen LogP) is 2.86. The maximum absolute atomic E-state index is 13.0. The number of benzene rings is 1. The van der Waals surface area contributed by atoms with Crippen molar-refractivity contribution >= 4 is 40.7 Å². The van der Waals surface area contributed by atoms with Gasteiger partial charge in [-0.05, 0) is 23.4 Å². The lowest BCUT2D eigenvalue weighted by atomic mass is 10.1. The normalized spacial score (nSPS) is 11.8. The minimum absolute atomic E-state index is 0.0513. The first-order chi connectivity index (χ1) is 15.3. The number of carbonyl (C=O) groups is 2. The Morgan fingerprint density at radius 1 is 1.15 bits per heavy atom. The zero-order chi connectivity index (χ0) is 24.5. The predicted molar refractivity (Wildman–Crippen MR) is 103 cm³/mol. The van der Waals surface area contributed by atoms with Crippen molar-refractivity contribution in [3.05, 3.63) is 51.0 Å². The molecule has 0 radical (unpaired) electrons. The fourth-order valence-electron chi connectivity index (χ4n) is 2.64. The minimum atomic E-state index is -4.84. The number of tetrazole rings is 1. The molecule has 33 heavy (non-hydrogen) atoms. The standard InChI is InChI=1S/C16H11Cl2F5N8O2/c17-6-1-8(13(24)32)12(9(18)2-6)25-14(33)10-3-7(27-30(10)5-11(19)20)4-31-28-15(26-29-31)16(21,22)23/h1-3,11H,4-5H2,(H2,24,32)(H,25,33). The second-order valence-electron chi connectivity index (χ2n) is 6.36. The molecule has 0 aliphatic heterocycles. The summed E-state index contributed by atoms with van der Waals surface area (Å²) in [5.74, 6) is -3.50. The van der Waals surface area contributed by atoms with Crippen LogP contribution in [0.4, 0.5) is 27.6 Å². The number of carbonyl (C=O) groups excluding carboxylic acids is 2. The molecule has 0 spiro atoms. The molecule has 3 rings (SSSR count). The number of nitrogens with one attached hydrogen (secondary N) is 1. The number of halogens is 7. The molecule has 1 aromatic carbocycles. The van der Waals surface area contributed by atoms with E-state index in [0.717, 1.165) is 12.1 Å². The Morgan fingerprint density at radius 2 is 1.85 bits per heavy atom. The molecule has 3 aromatic rings. The van der Waals surface area contributed by atoms with Crippen LogP contribution in [-0.2, 0) is 19.3 Å². The van der Waals surface area contributed by atoms with Crippen LogP contribution in [0.15, 0.2) is 18.2 Å². The topological polar surface area (TPSA) is 134 Å². The Morgan fingerprint density at radius 3 is 2.42 bits per heavy atom. The highest BCUT2D eigenvalue weighted by atomic mass is 35.5. The largest absolute Gasteiger partial charge is 0.455 e. The van der Waals surface area contributed by atoms with Gasteiger partial charge in [-0.1, -0.05) is 23.2 Å². The lowest BCUT2D eigenvalue weighted by Crippen LogP contribution is -2.22. The summed E-state index contributed by atoms with van der Waals surface area (Å²) in [5, 5.41) is 15.2. The van der Waals surface area contributed by atoms with E-state index in [1.165, 1.54) is 6.07 Å². The van der Waals surface area contributed by atoms with Gasteiger partial charge >= 0.3 is 6.18 Å². The zero-order valence-corrected chi connectivity index (χ0v) is 17.5. The van der Waals surface area contributed by atoms with Crippen LogP contribution in [0.1, 0.15) is 32.4 Å². The van der Waals surface area contributed by atoms with Gasteiger partial charge in [0, 0.05) is 5.02 Å². The number of anilines is 1. The summed E-state index contributed by atoms with van der Waals surface area (Å²) in [6.45, 7) is -1.52. The van der Waals surface area contributed by atoms with E-state index in [1.54, 1.807) is 0 Å². The second kappa shape index (κ2) is 9.27. The van der Waals surface area contributed by atoms with Gasteiger partial charge in [-0.3, -0.25) is 14.3 Å². The van der Waals surface area contributed by atoms with E-state index >= 15 is 0 Å². The van der Waals surface area contributed by atoms with E-state index in [1.807, 2.05) is 0 Å². The van der Waals surface area contributed by atoms with Gasteiger partial charge in [-0.2, -0.15) is 23.1 Å². The fourth-order valence-corrected chi connectivity index (χ4v) is 3.18. The van der Waals surface area contributed by atoms with Gasteiger partial charge in [0.2, 0.25) is 0 Å². The molecule has 2 heterocycles. The van der Waals surface area contributed by atoms with E-state index in [9.17, 15) is 31.5 Å². The van der Waals surface area contributed by atoms with Crippen molar-refractivity contribution in [2.45, 2.75) is 25.7 Å². The number of nitrogens with zero attached hydrogens (tertiary/aromatic N) is 6. The molecule has 176 valence electrons. The summed E-state index contributed by atoms with van der Waals surface area (Å²) in [6, 6.07) is 3.38. The molecule has 0 aliphatic rings. The molecule has 0 bridgehead atoms. The number of nitrogens with two attached hydrogens (primary N) is 1. The van der Waals surface area contributed by atoms with E-state index in [0.29, 0.717) is 9.48 Å². The second-order valence-corrected chi connectivity index (χ2v) is 7.21. The van der Waals surface area contributed by atoms with Crippen LogP contribution in [0, 0.1) is 0 Å². The minimum Gasteiger partial charge on any atom is -0.366 e. The van der Waals surface area contributed by atoms with Crippen molar-refractivity contribution in [1.82, 2.24) is 30.0 Å². The Labute approximate surface area is 190 Å². The van der Waals surface area contributed by atoms with Crippen molar-refractivity contribution < 1.29 is 31.5 Å². The monoisotopic (exact) mass is 512 g/mol. The Bertz CT molecular complexity index is 1210. The Balaban J connectivity index is 1.92. The lowest BCUT2D eigenvalue weighted by Gasteiger charge is -2.12. The molecule has 0 fully saturated rings. The molecule has 2 aromatic heterocycles. The van der Waals surface area contributed by atoms with E-state index in [-0.39, 0.29) is 27.0 Å². The Kier molecular flexibility index (Phi) is 6.83. The SMILES string of the molecule is NC(=O)c1cc(Cl)cc(Cl)c1NC(=O)c1cc(Cn2nnc(C(F)(F)F)n2)nn1CC(F)F. The van der Waals surface area contributed by atoms with E-state index in [2.05, 4.69) is 25.8 Å². The number of aromatic nitrogens is 6. The lowest BCUT2D eigenvalue weighted by molar-refractivity contribution is -0.145. The summed E-state index contributed by atoms with van der Waals surface area (Å²) in [5.41, 5.74) is 4.26. The van der Waals surface area contributed by atoms with E-state index < -0.39 is 49.0 Å². The molecule has 0 saturated carbocycles. The molecule has 2 amide bonds. The van der Waals surface area contributed by atoms with Crippen LogP contribution in [0.5, 0.6) is 0 Å². The molecule has 3 N–H and O–H groups in total. The van der Waals surface area contributed by atoms with Crippen molar-refractivity contribution in [3.63, 3.8) is 0 Å². The smallest absolute Gasteiger partial charge is 0.366 e. The highest BCUT2D eigenvalue weighted by molar-refractivity contribution is 6.38. The molecule has 10 nitrogen and oxygen atoms in total. The zero-order valence-electron chi connectivity index (χ0n) is 15.9. The van der Waals surface area contributed by atoms with Gasteiger partial charge in [0.15, 0.2) is 0 Å². The van der Waals surface area contributed by atoms with Gasteiger partial charge < -0.3 is 11.1 Å². The number of hydrogen-bond acceptors (Lipinski definition) is 6. The first kappa shape index (κ1) is 24.3. The Hall–Kier alpha value is -3.33. The van der Waals surface area contributed by atoms with Crippen molar-refractivity contribution in [3.8, 4) is 0 Å². The maximum atomic E-state index is 13.0. The van der Waals surface area contributed by atoms with Crippen LogP contribution in [0.2, 0.25) is 10.0 Å². The van der Waals surface area contributed by atoms with Gasteiger partial charge in [0.1, 0.15) is 18.8 Å². The maximum Gasteiger partial charge on any atom is 0.455 e. The number of alkyl halides is 5. The molecule has 17 heteroatoms. The van der Waals surface area contributed by atoms with Gasteiger partial charge in [0.05, 0.1) is 22.0 Å². The highest BCUT2D eigenvalue weighted by Crippen LogP contribution is 2.30. The first-order valence-electron chi connectivity index (χ1n) is 8.65. The van der Waals surface area contributed by atoms with Crippen LogP contribution < -0.4 is 11.1 Å².